The summed E-state index contributed by atoms with van der Waals surface area (Å²) in [7, 11) is 3.36. The summed E-state index contributed by atoms with van der Waals surface area (Å²) >= 11 is 0. The molecule has 0 aliphatic carbocycles. The van der Waals surface area contributed by atoms with E-state index in [-0.39, 0.29) is 37.7 Å². The van der Waals surface area contributed by atoms with Crippen molar-refractivity contribution in [3.8, 4) is 34.8 Å². The summed E-state index contributed by atoms with van der Waals surface area (Å²) in [6, 6.07) is -0.388. The predicted molar refractivity (Wildman–Crippen MR) is 178 cm³/mol. The van der Waals surface area contributed by atoms with Crippen LogP contribution >= 0.6 is 0 Å². The van der Waals surface area contributed by atoms with Crippen LogP contribution in [0.4, 0.5) is 13.2 Å². The third kappa shape index (κ3) is 6.37. The maximum absolute atomic E-state index is 13.3. The maximum Gasteiger partial charge on any atom is 0.471 e. The van der Waals surface area contributed by atoms with Gasteiger partial charge in [0.15, 0.2) is 23.0 Å². The SMILES string of the molecule is CCC(=O)Oc1c(OC)c(C)cc2c1[C@H]1C3Cc4c(OC(C)=O)c(C)c5c(c4[C@H](CNC(=O)[C@H](C)NC(=O)C(F)(F)F)N3[C@@H](C#N)[C@H](C2)N1C)OCO5. The van der Waals surface area contributed by atoms with Gasteiger partial charge in [0.2, 0.25) is 12.7 Å². The van der Waals surface area contributed by atoms with Crippen molar-refractivity contribution in [1.82, 2.24) is 20.4 Å². The van der Waals surface area contributed by atoms with Crippen LogP contribution in [0.3, 0.4) is 0 Å². The Kier molecular flexibility index (Phi) is 9.99. The van der Waals surface area contributed by atoms with Gasteiger partial charge < -0.3 is 34.3 Å². The van der Waals surface area contributed by atoms with E-state index in [0.29, 0.717) is 45.9 Å². The second-order valence-electron chi connectivity index (χ2n) is 13.6. The Morgan fingerprint density at radius 2 is 1.75 bits per heavy atom. The van der Waals surface area contributed by atoms with Crippen LogP contribution < -0.4 is 34.3 Å². The van der Waals surface area contributed by atoms with E-state index in [4.69, 9.17) is 23.7 Å². The first kappa shape index (κ1) is 37.7. The first-order chi connectivity index (χ1) is 25.0. The molecule has 4 aliphatic heterocycles. The number of likely N-dealkylation sites (N-methyl/N-ethyl adjacent to an activating group) is 1. The highest BCUT2D eigenvalue weighted by molar-refractivity contribution is 5.89. The molecular weight excluding hydrogens is 703 g/mol. The molecule has 1 unspecified atom stereocenters. The molecule has 4 aliphatic rings. The van der Waals surface area contributed by atoms with Gasteiger partial charge in [0.05, 0.1) is 25.3 Å². The number of nitrogens with zero attached hydrogens (tertiary/aromatic N) is 3. The summed E-state index contributed by atoms with van der Waals surface area (Å²) in [6.07, 6.45) is -4.54. The summed E-state index contributed by atoms with van der Waals surface area (Å²) in [5.74, 6) is -2.79. The average Bonchev–Trinajstić information content (AvgIpc) is 3.59. The largest absolute Gasteiger partial charge is 0.493 e. The number of alkyl halides is 3. The number of carbonyl (C=O) groups excluding carboxylic acids is 4. The second-order valence-corrected chi connectivity index (χ2v) is 13.6. The number of nitriles is 1. The molecule has 53 heavy (non-hydrogen) atoms. The van der Waals surface area contributed by atoms with Crippen molar-refractivity contribution in [3.05, 3.63) is 39.4 Å². The number of piperazine rings is 1. The van der Waals surface area contributed by atoms with Crippen LogP contribution in [0.5, 0.6) is 28.7 Å². The number of esters is 2. The second kappa shape index (κ2) is 14.0. The highest BCUT2D eigenvalue weighted by atomic mass is 19.4. The van der Waals surface area contributed by atoms with Crippen LogP contribution in [0.25, 0.3) is 0 Å². The molecule has 2 aromatic carbocycles. The van der Waals surface area contributed by atoms with Crippen LogP contribution in [0.2, 0.25) is 0 Å². The minimum Gasteiger partial charge on any atom is -0.493 e. The van der Waals surface area contributed by atoms with E-state index in [0.717, 1.165) is 18.1 Å². The third-order valence-corrected chi connectivity index (χ3v) is 10.5. The zero-order valence-corrected chi connectivity index (χ0v) is 30.2. The molecule has 2 amide bonds. The van der Waals surface area contributed by atoms with Gasteiger partial charge in [-0.25, -0.2) is 0 Å². The van der Waals surface area contributed by atoms with Gasteiger partial charge in [-0.15, -0.1) is 0 Å². The van der Waals surface area contributed by atoms with Gasteiger partial charge in [0, 0.05) is 54.2 Å². The van der Waals surface area contributed by atoms with Crippen molar-refractivity contribution in [2.75, 3.05) is 27.5 Å². The molecule has 0 saturated carbocycles. The first-order valence-electron chi connectivity index (χ1n) is 17.1. The number of nitrogens with one attached hydrogen (secondary N) is 2. The predicted octanol–water partition coefficient (Wildman–Crippen LogP) is 3.24. The Hall–Kier alpha value is -5.08. The van der Waals surface area contributed by atoms with Crippen molar-refractivity contribution in [2.24, 2.45) is 0 Å². The van der Waals surface area contributed by atoms with Gasteiger partial charge in [-0.1, -0.05) is 13.0 Å². The first-order valence-corrected chi connectivity index (χ1v) is 17.1. The smallest absolute Gasteiger partial charge is 0.471 e. The number of halogens is 3. The lowest BCUT2D eigenvalue weighted by Crippen LogP contribution is -2.69. The quantitative estimate of drug-likeness (QED) is 0.300. The molecule has 1 fully saturated rings. The number of carbonyl (C=O) groups is 4. The van der Waals surface area contributed by atoms with E-state index < -0.39 is 66.2 Å². The lowest BCUT2D eigenvalue weighted by molar-refractivity contribution is -0.174. The Morgan fingerprint density at radius 1 is 1.06 bits per heavy atom. The lowest BCUT2D eigenvalue weighted by atomic mass is 9.71. The zero-order chi connectivity index (χ0) is 38.7. The maximum atomic E-state index is 13.3. The van der Waals surface area contributed by atoms with Crippen molar-refractivity contribution in [3.63, 3.8) is 0 Å². The summed E-state index contributed by atoms with van der Waals surface area (Å²) in [6.45, 7) is 7.19. The van der Waals surface area contributed by atoms with Gasteiger partial charge in [0.1, 0.15) is 17.8 Å². The summed E-state index contributed by atoms with van der Waals surface area (Å²) < 4.78 is 68.5. The molecule has 284 valence electrons. The van der Waals surface area contributed by atoms with Crippen LogP contribution in [0, 0.1) is 25.2 Å². The topological polar surface area (TPSA) is 169 Å². The number of benzene rings is 2. The fourth-order valence-corrected chi connectivity index (χ4v) is 8.27. The lowest BCUT2D eigenvalue weighted by Gasteiger charge is -2.60. The molecule has 6 rings (SSSR count). The molecule has 1 saturated heterocycles. The summed E-state index contributed by atoms with van der Waals surface area (Å²) in [5, 5.41) is 15.2. The fraction of sp³-hybridized carbons (Fsp3) is 0.528. The third-order valence-electron chi connectivity index (χ3n) is 10.5. The Morgan fingerprint density at radius 3 is 2.38 bits per heavy atom. The minimum absolute atomic E-state index is 0.0935. The van der Waals surface area contributed by atoms with E-state index in [2.05, 4.69) is 16.3 Å². The highest BCUT2D eigenvalue weighted by Gasteiger charge is 2.57. The van der Waals surface area contributed by atoms with Crippen molar-refractivity contribution in [1.29, 1.82) is 5.26 Å². The van der Waals surface area contributed by atoms with E-state index in [1.807, 2.05) is 24.9 Å². The zero-order valence-electron chi connectivity index (χ0n) is 30.2. The molecule has 17 heteroatoms. The number of hydrogen-bond acceptors (Lipinski definition) is 12. The van der Waals surface area contributed by atoms with Crippen molar-refractivity contribution >= 4 is 23.8 Å². The van der Waals surface area contributed by atoms with Crippen LogP contribution in [-0.2, 0) is 32.0 Å². The van der Waals surface area contributed by atoms with Gasteiger partial charge in [-0.2, -0.15) is 18.4 Å². The van der Waals surface area contributed by atoms with E-state index in [9.17, 15) is 37.6 Å². The number of aryl methyl sites for hydroxylation is 1. The van der Waals surface area contributed by atoms with Gasteiger partial charge >= 0.3 is 24.0 Å². The number of amides is 2. The number of rotatable bonds is 8. The Labute approximate surface area is 303 Å². The molecule has 2 N–H and O–H groups in total. The number of fused-ring (bicyclic) bond motifs is 9. The molecule has 0 spiro atoms. The van der Waals surface area contributed by atoms with Crippen molar-refractivity contribution in [2.45, 2.75) is 96.3 Å². The van der Waals surface area contributed by atoms with Gasteiger partial charge in [-0.05, 0) is 51.8 Å². The van der Waals surface area contributed by atoms with Crippen LogP contribution in [0.15, 0.2) is 6.07 Å². The van der Waals surface area contributed by atoms with Gasteiger partial charge in [0.25, 0.3) is 0 Å². The summed E-state index contributed by atoms with van der Waals surface area (Å²) in [4.78, 5) is 54.4. The van der Waals surface area contributed by atoms with E-state index in [1.54, 1.807) is 19.2 Å². The molecule has 4 heterocycles. The highest BCUT2D eigenvalue weighted by Crippen LogP contribution is 2.58. The molecular formula is C36H40F3N5O9. The number of ether oxygens (including phenoxy) is 5. The monoisotopic (exact) mass is 743 g/mol. The van der Waals surface area contributed by atoms with E-state index >= 15 is 0 Å². The molecule has 2 aromatic rings. The van der Waals surface area contributed by atoms with Crippen molar-refractivity contribution < 1.29 is 56.0 Å². The molecule has 0 radical (unpaired) electrons. The minimum atomic E-state index is -5.20. The van der Waals surface area contributed by atoms with Crippen LogP contribution in [0.1, 0.15) is 72.7 Å². The Balaban J connectivity index is 1.55. The molecule has 6 atom stereocenters. The fourth-order valence-electron chi connectivity index (χ4n) is 8.27. The number of hydrogen-bond donors (Lipinski definition) is 2. The molecule has 2 bridgehead atoms. The number of methoxy groups -OCH3 is 1. The van der Waals surface area contributed by atoms with E-state index in [1.165, 1.54) is 14.0 Å². The Bertz CT molecular complexity index is 1930. The average molecular weight is 744 g/mol. The van der Waals surface area contributed by atoms with Gasteiger partial charge in [-0.3, -0.25) is 29.0 Å². The standard InChI is InChI=1S/C36H40F3N5O9/c1-8-25(46)53-33-26-19(9-15(2)29(33)49-7)10-21-23(12-40)44-22(28(26)43(21)6)11-20-27(32-31(50-14-51-32)16(3)30(20)52-18(5)45)24(44)13-41-34(47)17(4)42-35(48)36(37,38)39/h9,17,21-24,28H,8,10-11,13-14H2,1-7H3,(H,41,47)(H,42,48)/t17-,21-,22?,23-,24-,28+/m0/s1. The summed E-state index contributed by atoms with van der Waals surface area (Å²) in [5.41, 5.74) is 3.79. The normalized spacial score (nSPS) is 23.4. The van der Waals surface area contributed by atoms with Crippen LogP contribution in [-0.4, -0.2) is 91.4 Å². The molecule has 14 nitrogen and oxygen atoms in total. The molecule has 0 aromatic heterocycles.